The van der Waals surface area contributed by atoms with Crippen molar-refractivity contribution < 1.29 is 28.6 Å². The minimum absolute atomic E-state index is 0.193. The van der Waals surface area contributed by atoms with Crippen LogP contribution in [0.5, 0.6) is 11.5 Å². The molecule has 0 radical (unpaired) electrons. The molecule has 3 aromatic carbocycles. The van der Waals surface area contributed by atoms with Crippen LogP contribution in [0.15, 0.2) is 78.9 Å². The summed E-state index contributed by atoms with van der Waals surface area (Å²) in [4.78, 5) is 38.3. The van der Waals surface area contributed by atoms with E-state index in [1.165, 1.54) is 0 Å². The minimum atomic E-state index is -0.698. The number of ether oxygens (including phenoxy) is 3. The third-order valence-electron chi connectivity index (χ3n) is 4.66. The number of carbonyl (C=O) groups excluding carboxylic acids is 3. The van der Waals surface area contributed by atoms with E-state index in [9.17, 15) is 14.4 Å². The van der Waals surface area contributed by atoms with E-state index in [2.05, 4.69) is 0 Å². The van der Waals surface area contributed by atoms with Gasteiger partial charge in [-0.1, -0.05) is 42.5 Å². The Labute approximate surface area is 178 Å². The first kappa shape index (κ1) is 20.2. The van der Waals surface area contributed by atoms with E-state index in [0.29, 0.717) is 23.5 Å². The molecule has 156 valence electrons. The summed E-state index contributed by atoms with van der Waals surface area (Å²) in [6.45, 7) is 0.0384. The van der Waals surface area contributed by atoms with Gasteiger partial charge in [0, 0.05) is 0 Å². The first-order chi connectivity index (χ1) is 15.1. The molecule has 1 aliphatic rings. The fourth-order valence-corrected chi connectivity index (χ4v) is 3.15. The van der Waals surface area contributed by atoms with Crippen molar-refractivity contribution in [1.29, 1.82) is 0 Å². The molecule has 0 aliphatic carbocycles. The van der Waals surface area contributed by atoms with Crippen LogP contribution in [0.4, 0.5) is 0 Å². The van der Waals surface area contributed by atoms with Crippen LogP contribution in [0.2, 0.25) is 0 Å². The molecule has 0 saturated heterocycles. The molecular weight excluding hydrogens is 398 g/mol. The molecule has 3 aromatic rings. The highest BCUT2D eigenvalue weighted by Gasteiger charge is 2.36. The molecule has 4 rings (SSSR count). The summed E-state index contributed by atoms with van der Waals surface area (Å²) >= 11 is 0. The summed E-state index contributed by atoms with van der Waals surface area (Å²) < 4.78 is 16.5. The van der Waals surface area contributed by atoms with Gasteiger partial charge in [0.2, 0.25) is 0 Å². The van der Waals surface area contributed by atoms with E-state index in [0.717, 1.165) is 10.6 Å². The Kier molecular flexibility index (Phi) is 5.93. The van der Waals surface area contributed by atoms with Gasteiger partial charge in [-0.15, -0.1) is 0 Å². The summed E-state index contributed by atoms with van der Waals surface area (Å²) in [5.41, 5.74) is 0.787. The Morgan fingerprint density at radius 1 is 0.710 bits per heavy atom. The second kappa shape index (κ2) is 9.13. The Morgan fingerprint density at radius 3 is 2.00 bits per heavy atom. The molecule has 0 spiro atoms. The number of benzene rings is 3. The van der Waals surface area contributed by atoms with Gasteiger partial charge in [-0.2, -0.15) is 0 Å². The molecule has 0 atom stereocenters. The largest absolute Gasteiger partial charge is 0.490 e. The van der Waals surface area contributed by atoms with Crippen LogP contribution >= 0.6 is 0 Å². The topological polar surface area (TPSA) is 82.1 Å². The number of hydrogen-bond donors (Lipinski definition) is 0. The number of nitrogens with zero attached hydrogens (tertiary/aromatic N) is 1. The molecule has 0 saturated carbocycles. The third-order valence-corrected chi connectivity index (χ3v) is 4.66. The fourth-order valence-electron chi connectivity index (χ4n) is 3.15. The molecule has 0 bridgehead atoms. The average Bonchev–Trinajstić information content (AvgIpc) is 3.06. The van der Waals surface area contributed by atoms with E-state index in [-0.39, 0.29) is 12.2 Å². The monoisotopic (exact) mass is 417 g/mol. The number of fused-ring (bicyclic) bond motifs is 1. The van der Waals surface area contributed by atoms with Crippen LogP contribution in [0.1, 0.15) is 31.1 Å². The number of amides is 2. The number of hydrogen-bond acceptors (Lipinski definition) is 6. The molecule has 2 amide bonds. The van der Waals surface area contributed by atoms with E-state index in [4.69, 9.17) is 14.2 Å². The molecule has 31 heavy (non-hydrogen) atoms. The van der Waals surface area contributed by atoms with Crippen LogP contribution in [0.3, 0.4) is 0 Å². The van der Waals surface area contributed by atoms with E-state index in [1.807, 2.05) is 30.3 Å². The Hall–Kier alpha value is -4.13. The summed E-state index contributed by atoms with van der Waals surface area (Å²) in [6.07, 6.45) is 0. The van der Waals surface area contributed by atoms with Gasteiger partial charge in [-0.25, -0.2) is 9.69 Å². The molecule has 7 heteroatoms. The van der Waals surface area contributed by atoms with Gasteiger partial charge in [0.15, 0.2) is 6.73 Å². The smallest absolute Gasteiger partial charge is 0.343 e. The fraction of sp³-hybridized carbons (Fsp3) is 0.125. The lowest BCUT2D eigenvalue weighted by Crippen LogP contribution is -2.33. The lowest BCUT2D eigenvalue weighted by Gasteiger charge is -2.15. The van der Waals surface area contributed by atoms with Crippen molar-refractivity contribution in [3.8, 4) is 11.5 Å². The highest BCUT2D eigenvalue weighted by molar-refractivity contribution is 6.21. The molecule has 1 aliphatic heterocycles. The second-order valence-corrected chi connectivity index (χ2v) is 6.65. The third kappa shape index (κ3) is 4.40. The van der Waals surface area contributed by atoms with E-state index >= 15 is 0 Å². The van der Waals surface area contributed by atoms with Gasteiger partial charge in [0.1, 0.15) is 30.3 Å². The van der Waals surface area contributed by atoms with Crippen LogP contribution in [-0.4, -0.2) is 42.6 Å². The summed E-state index contributed by atoms with van der Waals surface area (Å²) in [5.74, 6) is -0.630. The van der Waals surface area contributed by atoms with Crippen LogP contribution in [-0.2, 0) is 4.74 Å². The lowest BCUT2D eigenvalue weighted by molar-refractivity contribution is 0.0225. The lowest BCUT2D eigenvalue weighted by atomic mass is 10.1. The van der Waals surface area contributed by atoms with E-state index in [1.54, 1.807) is 48.5 Å². The SMILES string of the molecule is O=C(OCN1C(=O)c2ccccc2C1=O)c1ccccc1OCCOc1ccccc1. The maximum absolute atomic E-state index is 12.6. The van der Waals surface area contributed by atoms with Gasteiger partial charge in [-0.3, -0.25) is 9.59 Å². The standard InChI is InChI=1S/C24H19NO6/c26-22-18-10-4-5-11-19(18)23(27)25(22)16-31-24(28)20-12-6-7-13-21(20)30-15-14-29-17-8-2-1-3-9-17/h1-13H,14-16H2. The Morgan fingerprint density at radius 2 is 1.29 bits per heavy atom. The maximum Gasteiger partial charge on any atom is 0.343 e. The highest BCUT2D eigenvalue weighted by atomic mass is 16.6. The predicted molar refractivity (Wildman–Crippen MR) is 111 cm³/mol. The van der Waals surface area contributed by atoms with Gasteiger partial charge < -0.3 is 14.2 Å². The van der Waals surface area contributed by atoms with Crippen LogP contribution in [0, 0.1) is 0 Å². The predicted octanol–water partition coefficient (Wildman–Crippen LogP) is 3.55. The van der Waals surface area contributed by atoms with Crippen LogP contribution < -0.4 is 9.47 Å². The van der Waals surface area contributed by atoms with Crippen molar-refractivity contribution in [3.63, 3.8) is 0 Å². The van der Waals surface area contributed by atoms with Gasteiger partial charge in [0.05, 0.1) is 11.1 Å². The Bertz CT molecular complexity index is 1080. The normalized spacial score (nSPS) is 12.5. The van der Waals surface area contributed by atoms with Crippen molar-refractivity contribution >= 4 is 17.8 Å². The number of esters is 1. The number of para-hydroxylation sites is 2. The number of imide groups is 1. The molecule has 1 heterocycles. The quantitative estimate of drug-likeness (QED) is 0.317. The van der Waals surface area contributed by atoms with Crippen LogP contribution in [0.25, 0.3) is 0 Å². The Balaban J connectivity index is 1.34. The first-order valence-electron chi connectivity index (χ1n) is 9.67. The molecule has 0 unspecified atom stereocenters. The summed E-state index contributed by atoms with van der Waals surface area (Å²) in [7, 11) is 0. The van der Waals surface area contributed by atoms with Gasteiger partial charge in [0.25, 0.3) is 11.8 Å². The molecule has 0 aromatic heterocycles. The molecule has 0 N–H and O–H groups in total. The van der Waals surface area contributed by atoms with Crippen molar-refractivity contribution in [3.05, 3.63) is 95.6 Å². The van der Waals surface area contributed by atoms with E-state index < -0.39 is 24.5 Å². The number of rotatable bonds is 8. The summed E-state index contributed by atoms with van der Waals surface area (Å²) in [5, 5.41) is 0. The zero-order valence-corrected chi connectivity index (χ0v) is 16.5. The van der Waals surface area contributed by atoms with Crippen molar-refractivity contribution in [2.24, 2.45) is 0 Å². The van der Waals surface area contributed by atoms with Gasteiger partial charge in [-0.05, 0) is 36.4 Å². The summed E-state index contributed by atoms with van der Waals surface area (Å²) in [6, 6.07) is 22.4. The average molecular weight is 417 g/mol. The van der Waals surface area contributed by atoms with Crippen molar-refractivity contribution in [2.45, 2.75) is 0 Å². The van der Waals surface area contributed by atoms with Gasteiger partial charge >= 0.3 is 5.97 Å². The first-order valence-corrected chi connectivity index (χ1v) is 9.67. The highest BCUT2D eigenvalue weighted by Crippen LogP contribution is 2.23. The molecule has 7 nitrogen and oxygen atoms in total. The molecular formula is C24H19NO6. The van der Waals surface area contributed by atoms with Crippen molar-refractivity contribution in [2.75, 3.05) is 19.9 Å². The van der Waals surface area contributed by atoms with Crippen molar-refractivity contribution in [1.82, 2.24) is 4.90 Å². The maximum atomic E-state index is 12.6. The molecule has 0 fully saturated rings. The minimum Gasteiger partial charge on any atom is -0.490 e. The number of carbonyl (C=O) groups is 3. The zero-order valence-electron chi connectivity index (χ0n) is 16.5. The zero-order chi connectivity index (χ0) is 21.6. The second-order valence-electron chi connectivity index (χ2n) is 6.65.